The van der Waals surface area contributed by atoms with Gasteiger partial charge in [-0.15, -0.1) is 0 Å². The zero-order chi connectivity index (χ0) is 24.8. The molecule has 0 fully saturated rings. The molecule has 0 radical (unpaired) electrons. The molecule has 0 saturated heterocycles. The number of ether oxygens (including phenoxy) is 2. The highest BCUT2D eigenvalue weighted by Crippen LogP contribution is 2.31. The van der Waals surface area contributed by atoms with Gasteiger partial charge in [0.25, 0.3) is 5.91 Å². The van der Waals surface area contributed by atoms with Gasteiger partial charge in [-0.05, 0) is 56.7 Å². The first-order chi connectivity index (χ1) is 17.0. The summed E-state index contributed by atoms with van der Waals surface area (Å²) in [6.45, 7) is 6.34. The van der Waals surface area contributed by atoms with Crippen molar-refractivity contribution in [2.24, 2.45) is 0 Å². The van der Waals surface area contributed by atoms with E-state index >= 15 is 0 Å². The van der Waals surface area contributed by atoms with Crippen LogP contribution in [0.2, 0.25) is 0 Å². The topological polar surface area (TPSA) is 68.7 Å². The lowest BCUT2D eigenvalue weighted by Crippen LogP contribution is -2.34. The first-order valence-electron chi connectivity index (χ1n) is 11.7. The molecule has 0 saturated carbocycles. The van der Waals surface area contributed by atoms with Crippen LogP contribution in [0, 0.1) is 6.92 Å². The minimum atomic E-state index is -0.417. The molecule has 1 amide bonds. The van der Waals surface area contributed by atoms with Crippen molar-refractivity contribution >= 4 is 28.5 Å². The number of fused-ring (bicyclic) bond motifs is 1. The quantitative estimate of drug-likeness (QED) is 0.305. The fourth-order valence-corrected chi connectivity index (χ4v) is 3.93. The number of amides is 1. The van der Waals surface area contributed by atoms with Gasteiger partial charge in [0.15, 0.2) is 6.61 Å². The summed E-state index contributed by atoms with van der Waals surface area (Å²) in [7, 11) is 0. The van der Waals surface area contributed by atoms with Gasteiger partial charge in [-0.1, -0.05) is 42.5 Å². The number of benzene rings is 3. The molecule has 178 valence electrons. The predicted molar refractivity (Wildman–Crippen MR) is 138 cm³/mol. The Balaban J connectivity index is 1.69. The van der Waals surface area contributed by atoms with Crippen LogP contribution in [0.15, 0.2) is 78.9 Å². The van der Waals surface area contributed by atoms with E-state index in [9.17, 15) is 9.59 Å². The number of likely N-dealkylation sites (N-methyl/N-ethyl adjacent to an activating group) is 1. The number of aromatic nitrogens is 1. The average Bonchev–Trinajstić information content (AvgIpc) is 2.88. The van der Waals surface area contributed by atoms with E-state index in [1.165, 1.54) is 0 Å². The van der Waals surface area contributed by atoms with Gasteiger partial charge >= 0.3 is 5.97 Å². The lowest BCUT2D eigenvalue weighted by molar-refractivity contribution is -0.120. The molecular weight excluding hydrogens is 440 g/mol. The van der Waals surface area contributed by atoms with Crippen LogP contribution in [0.1, 0.15) is 29.8 Å². The first-order valence-corrected chi connectivity index (χ1v) is 11.7. The van der Waals surface area contributed by atoms with Gasteiger partial charge in [0.1, 0.15) is 5.75 Å². The number of aryl methyl sites for hydroxylation is 1. The molecule has 0 bridgehead atoms. The molecule has 4 rings (SSSR count). The van der Waals surface area contributed by atoms with E-state index in [1.54, 1.807) is 30.0 Å². The third-order valence-corrected chi connectivity index (χ3v) is 5.63. The summed E-state index contributed by atoms with van der Waals surface area (Å²) in [6, 6.07) is 24.5. The van der Waals surface area contributed by atoms with Crippen molar-refractivity contribution in [2.75, 3.05) is 24.7 Å². The normalized spacial score (nSPS) is 10.7. The van der Waals surface area contributed by atoms with Crippen LogP contribution in [0.3, 0.4) is 0 Å². The maximum absolute atomic E-state index is 13.1. The molecule has 1 aromatic heterocycles. The molecule has 0 aliphatic heterocycles. The van der Waals surface area contributed by atoms with E-state index in [1.807, 2.05) is 74.5 Å². The SMILES string of the molecule is CCOC(=O)c1ccc2nc(-c3ccccc3)cc(OCC(=O)N(CC)c3cccc(C)c3)c2c1. The van der Waals surface area contributed by atoms with E-state index in [2.05, 4.69) is 0 Å². The van der Waals surface area contributed by atoms with Gasteiger partial charge in [-0.25, -0.2) is 9.78 Å². The molecule has 0 atom stereocenters. The zero-order valence-electron chi connectivity index (χ0n) is 20.2. The number of pyridine rings is 1. The van der Waals surface area contributed by atoms with E-state index in [-0.39, 0.29) is 19.1 Å². The molecule has 6 heteroatoms. The third kappa shape index (κ3) is 5.49. The Kier molecular flexibility index (Phi) is 7.41. The van der Waals surface area contributed by atoms with Gasteiger partial charge in [0.2, 0.25) is 0 Å². The van der Waals surface area contributed by atoms with Crippen LogP contribution in [-0.4, -0.2) is 36.6 Å². The number of nitrogens with zero attached hydrogens (tertiary/aromatic N) is 2. The van der Waals surface area contributed by atoms with Crippen molar-refractivity contribution in [2.45, 2.75) is 20.8 Å². The van der Waals surface area contributed by atoms with Gasteiger partial charge < -0.3 is 14.4 Å². The Hall–Kier alpha value is -4.19. The van der Waals surface area contributed by atoms with E-state index in [0.717, 1.165) is 22.5 Å². The average molecular weight is 469 g/mol. The number of hydrogen-bond donors (Lipinski definition) is 0. The smallest absolute Gasteiger partial charge is 0.338 e. The Bertz CT molecular complexity index is 1350. The lowest BCUT2D eigenvalue weighted by atomic mass is 10.1. The molecular formula is C29H28N2O4. The molecule has 0 unspecified atom stereocenters. The van der Waals surface area contributed by atoms with Gasteiger partial charge in [0, 0.05) is 29.2 Å². The Morgan fingerprint density at radius 3 is 2.43 bits per heavy atom. The largest absolute Gasteiger partial charge is 0.483 e. The van der Waals surface area contributed by atoms with Crippen LogP contribution >= 0.6 is 0 Å². The van der Waals surface area contributed by atoms with Crippen molar-refractivity contribution in [3.05, 3.63) is 90.0 Å². The van der Waals surface area contributed by atoms with Crippen molar-refractivity contribution in [1.82, 2.24) is 4.98 Å². The number of rotatable bonds is 8. The Labute approximate surface area is 205 Å². The number of carbonyl (C=O) groups excluding carboxylic acids is 2. The van der Waals surface area contributed by atoms with Crippen molar-refractivity contribution < 1.29 is 19.1 Å². The maximum Gasteiger partial charge on any atom is 0.338 e. The van der Waals surface area contributed by atoms with Crippen LogP contribution in [0.25, 0.3) is 22.2 Å². The van der Waals surface area contributed by atoms with Gasteiger partial charge in [0.05, 0.1) is 23.4 Å². The van der Waals surface area contributed by atoms with Gasteiger partial charge in [-0.2, -0.15) is 0 Å². The summed E-state index contributed by atoms with van der Waals surface area (Å²) in [5.41, 5.74) is 4.61. The van der Waals surface area contributed by atoms with Crippen molar-refractivity contribution in [1.29, 1.82) is 0 Å². The van der Waals surface area contributed by atoms with Crippen molar-refractivity contribution in [3.8, 4) is 17.0 Å². The predicted octanol–water partition coefficient (Wildman–Crippen LogP) is 5.82. The van der Waals surface area contributed by atoms with E-state index in [0.29, 0.717) is 28.8 Å². The fourth-order valence-electron chi connectivity index (χ4n) is 3.93. The second-order valence-corrected chi connectivity index (χ2v) is 8.09. The van der Waals surface area contributed by atoms with Crippen LogP contribution in [-0.2, 0) is 9.53 Å². The molecule has 0 aliphatic carbocycles. The van der Waals surface area contributed by atoms with E-state index in [4.69, 9.17) is 14.5 Å². The standard InChI is InChI=1S/C29H28N2O4/c1-4-31(23-13-9-10-20(3)16-23)28(32)19-35-27-18-26(21-11-7-6-8-12-21)30-25-15-14-22(17-24(25)27)29(33)34-5-2/h6-18H,4-5,19H2,1-3H3. The maximum atomic E-state index is 13.1. The minimum Gasteiger partial charge on any atom is -0.483 e. The number of hydrogen-bond acceptors (Lipinski definition) is 5. The van der Waals surface area contributed by atoms with Crippen LogP contribution in [0.5, 0.6) is 5.75 Å². The lowest BCUT2D eigenvalue weighted by Gasteiger charge is -2.22. The summed E-state index contributed by atoms with van der Waals surface area (Å²) < 4.78 is 11.2. The highest BCUT2D eigenvalue weighted by molar-refractivity contribution is 5.98. The summed E-state index contributed by atoms with van der Waals surface area (Å²) in [5.74, 6) is -0.0975. The fraction of sp³-hybridized carbons (Fsp3) is 0.207. The highest BCUT2D eigenvalue weighted by Gasteiger charge is 2.18. The molecule has 3 aromatic carbocycles. The second-order valence-electron chi connectivity index (χ2n) is 8.09. The second kappa shape index (κ2) is 10.8. The molecule has 6 nitrogen and oxygen atoms in total. The molecule has 0 spiro atoms. The zero-order valence-corrected chi connectivity index (χ0v) is 20.2. The minimum absolute atomic E-state index is 0.154. The first kappa shape index (κ1) is 24.0. The third-order valence-electron chi connectivity index (χ3n) is 5.63. The summed E-state index contributed by atoms with van der Waals surface area (Å²) in [4.78, 5) is 31.9. The molecule has 1 heterocycles. The number of esters is 1. The van der Waals surface area contributed by atoms with Crippen molar-refractivity contribution in [3.63, 3.8) is 0 Å². The molecule has 0 aliphatic rings. The molecule has 0 N–H and O–H groups in total. The monoisotopic (exact) mass is 468 g/mol. The summed E-state index contributed by atoms with van der Waals surface area (Å²) >= 11 is 0. The molecule has 4 aromatic rings. The van der Waals surface area contributed by atoms with E-state index < -0.39 is 5.97 Å². The highest BCUT2D eigenvalue weighted by atomic mass is 16.5. The molecule has 35 heavy (non-hydrogen) atoms. The van der Waals surface area contributed by atoms with Crippen LogP contribution < -0.4 is 9.64 Å². The van der Waals surface area contributed by atoms with Gasteiger partial charge in [-0.3, -0.25) is 4.79 Å². The Morgan fingerprint density at radius 2 is 1.71 bits per heavy atom. The summed E-state index contributed by atoms with van der Waals surface area (Å²) in [5, 5.41) is 0.640. The van der Waals surface area contributed by atoms with Crippen LogP contribution in [0.4, 0.5) is 5.69 Å². The summed E-state index contributed by atoms with van der Waals surface area (Å²) in [6.07, 6.45) is 0. The Morgan fingerprint density at radius 1 is 0.914 bits per heavy atom. The number of carbonyl (C=O) groups is 2. The number of anilines is 1.